The van der Waals surface area contributed by atoms with Crippen LogP contribution in [0.2, 0.25) is 0 Å². The highest BCUT2D eigenvalue weighted by Crippen LogP contribution is 2.11. The molecular weight excluding hydrogens is 334 g/mol. The molecule has 0 spiro atoms. The minimum absolute atomic E-state index is 0.0296. The molecule has 26 heavy (non-hydrogen) atoms. The molecule has 136 valence electrons. The average Bonchev–Trinajstić information content (AvgIpc) is 3.19. The van der Waals surface area contributed by atoms with Crippen LogP contribution in [0, 0.1) is 0 Å². The summed E-state index contributed by atoms with van der Waals surface area (Å²) in [7, 11) is 0. The van der Waals surface area contributed by atoms with Crippen LogP contribution >= 0.6 is 0 Å². The lowest BCUT2D eigenvalue weighted by Crippen LogP contribution is -2.50. The molecule has 3 rings (SSSR count). The largest absolute Gasteiger partial charge is 0.467 e. The van der Waals surface area contributed by atoms with Crippen molar-refractivity contribution in [2.75, 3.05) is 26.2 Å². The number of benzene rings is 1. The molecule has 1 saturated heterocycles. The normalized spacial score (nSPS) is 14.2. The summed E-state index contributed by atoms with van der Waals surface area (Å²) in [5.74, 6) is 0.392. The standard InChI is InChI=1S/C19H21N3O4/c1-14(23)21-8-10-22(11-9-21)19(25)16-6-4-15(5-7-16)18(24)20-13-17-3-2-12-26-17/h2-7,12H,8-11,13H2,1H3,(H,20,24). The van der Waals surface area contributed by atoms with Crippen LogP contribution in [0.1, 0.15) is 33.4 Å². The number of carbonyl (C=O) groups excluding carboxylic acids is 3. The lowest BCUT2D eigenvalue weighted by molar-refractivity contribution is -0.130. The first-order valence-corrected chi connectivity index (χ1v) is 8.50. The smallest absolute Gasteiger partial charge is 0.253 e. The number of hydrogen-bond donors (Lipinski definition) is 1. The number of nitrogens with zero attached hydrogens (tertiary/aromatic N) is 2. The first-order chi connectivity index (χ1) is 12.5. The average molecular weight is 355 g/mol. The number of furan rings is 1. The van der Waals surface area contributed by atoms with Gasteiger partial charge in [-0.3, -0.25) is 14.4 Å². The molecule has 1 aliphatic rings. The van der Waals surface area contributed by atoms with Gasteiger partial charge in [0.25, 0.3) is 11.8 Å². The molecule has 7 heteroatoms. The monoisotopic (exact) mass is 355 g/mol. The van der Waals surface area contributed by atoms with E-state index in [9.17, 15) is 14.4 Å². The van der Waals surface area contributed by atoms with E-state index in [1.807, 2.05) is 0 Å². The van der Waals surface area contributed by atoms with E-state index >= 15 is 0 Å². The summed E-state index contributed by atoms with van der Waals surface area (Å²) in [5.41, 5.74) is 1.01. The van der Waals surface area contributed by atoms with Gasteiger partial charge in [0.05, 0.1) is 12.8 Å². The fourth-order valence-corrected chi connectivity index (χ4v) is 2.85. The highest BCUT2D eigenvalue weighted by atomic mass is 16.3. The van der Waals surface area contributed by atoms with Crippen molar-refractivity contribution in [3.8, 4) is 0 Å². The number of piperazine rings is 1. The van der Waals surface area contributed by atoms with Crippen molar-refractivity contribution in [3.63, 3.8) is 0 Å². The van der Waals surface area contributed by atoms with E-state index in [0.717, 1.165) is 0 Å². The van der Waals surface area contributed by atoms with Crippen LogP contribution < -0.4 is 5.32 Å². The molecule has 1 aliphatic heterocycles. The van der Waals surface area contributed by atoms with E-state index in [0.29, 0.717) is 49.6 Å². The van der Waals surface area contributed by atoms with E-state index in [2.05, 4.69) is 5.32 Å². The molecule has 0 saturated carbocycles. The van der Waals surface area contributed by atoms with Crippen LogP contribution in [0.4, 0.5) is 0 Å². The van der Waals surface area contributed by atoms with Crippen molar-refractivity contribution >= 4 is 17.7 Å². The highest BCUT2D eigenvalue weighted by Gasteiger charge is 2.23. The van der Waals surface area contributed by atoms with Crippen LogP contribution in [0.15, 0.2) is 47.1 Å². The Morgan fingerprint density at radius 1 is 0.962 bits per heavy atom. The van der Waals surface area contributed by atoms with E-state index in [1.165, 1.54) is 6.92 Å². The lowest BCUT2D eigenvalue weighted by Gasteiger charge is -2.34. The maximum atomic E-state index is 12.5. The zero-order valence-electron chi connectivity index (χ0n) is 14.6. The first kappa shape index (κ1) is 17.7. The van der Waals surface area contributed by atoms with Gasteiger partial charge in [0.15, 0.2) is 0 Å². The van der Waals surface area contributed by atoms with E-state index in [-0.39, 0.29) is 17.7 Å². The summed E-state index contributed by atoms with van der Waals surface area (Å²) in [5, 5.41) is 2.76. The molecule has 1 aromatic carbocycles. The Labute approximate surface area is 151 Å². The molecule has 1 N–H and O–H groups in total. The molecule has 0 aliphatic carbocycles. The minimum Gasteiger partial charge on any atom is -0.467 e. The molecule has 0 radical (unpaired) electrons. The van der Waals surface area contributed by atoms with Crippen LogP contribution in [-0.2, 0) is 11.3 Å². The van der Waals surface area contributed by atoms with Gasteiger partial charge in [0.1, 0.15) is 5.76 Å². The van der Waals surface area contributed by atoms with Crippen molar-refractivity contribution in [1.29, 1.82) is 0 Å². The van der Waals surface area contributed by atoms with Crippen LogP contribution in [0.25, 0.3) is 0 Å². The van der Waals surface area contributed by atoms with Gasteiger partial charge in [-0.25, -0.2) is 0 Å². The van der Waals surface area contributed by atoms with Crippen LogP contribution in [-0.4, -0.2) is 53.7 Å². The minimum atomic E-state index is -0.226. The summed E-state index contributed by atoms with van der Waals surface area (Å²) in [6.07, 6.45) is 1.55. The maximum Gasteiger partial charge on any atom is 0.253 e. The van der Waals surface area contributed by atoms with Gasteiger partial charge >= 0.3 is 0 Å². The first-order valence-electron chi connectivity index (χ1n) is 8.50. The molecule has 2 heterocycles. The van der Waals surface area contributed by atoms with Gasteiger partial charge in [0.2, 0.25) is 5.91 Å². The zero-order valence-corrected chi connectivity index (χ0v) is 14.6. The topological polar surface area (TPSA) is 82.9 Å². The third kappa shape index (κ3) is 4.11. The lowest BCUT2D eigenvalue weighted by atomic mass is 10.1. The summed E-state index contributed by atoms with van der Waals surface area (Å²) in [6, 6.07) is 10.1. The molecule has 1 fully saturated rings. The summed E-state index contributed by atoms with van der Waals surface area (Å²) < 4.78 is 5.17. The van der Waals surface area contributed by atoms with Crippen molar-refractivity contribution in [3.05, 3.63) is 59.5 Å². The fraction of sp³-hybridized carbons (Fsp3) is 0.316. The van der Waals surface area contributed by atoms with Gasteiger partial charge in [-0.1, -0.05) is 0 Å². The number of hydrogen-bond acceptors (Lipinski definition) is 4. The van der Waals surface area contributed by atoms with Gasteiger partial charge in [0, 0.05) is 44.2 Å². The fourth-order valence-electron chi connectivity index (χ4n) is 2.85. The van der Waals surface area contributed by atoms with Crippen molar-refractivity contribution in [1.82, 2.24) is 15.1 Å². The number of nitrogens with one attached hydrogen (secondary N) is 1. The zero-order chi connectivity index (χ0) is 18.5. The predicted molar refractivity (Wildman–Crippen MR) is 94.5 cm³/mol. The van der Waals surface area contributed by atoms with Crippen molar-refractivity contribution in [2.24, 2.45) is 0 Å². The Balaban J connectivity index is 1.56. The van der Waals surface area contributed by atoms with Crippen molar-refractivity contribution < 1.29 is 18.8 Å². The molecule has 3 amide bonds. The highest BCUT2D eigenvalue weighted by molar-refractivity contribution is 5.97. The number of carbonyl (C=O) groups is 3. The molecule has 7 nitrogen and oxygen atoms in total. The second-order valence-corrected chi connectivity index (χ2v) is 6.14. The quantitative estimate of drug-likeness (QED) is 0.901. The Bertz CT molecular complexity index is 776. The Kier molecular flexibility index (Phi) is 5.36. The van der Waals surface area contributed by atoms with E-state index in [4.69, 9.17) is 4.42 Å². The summed E-state index contributed by atoms with van der Waals surface area (Å²) in [4.78, 5) is 39.5. The Morgan fingerprint density at radius 3 is 2.15 bits per heavy atom. The Hall–Kier alpha value is -3.09. The molecular formula is C19H21N3O4. The molecule has 0 atom stereocenters. The molecule has 0 bridgehead atoms. The van der Waals surface area contributed by atoms with Gasteiger partial charge < -0.3 is 19.5 Å². The predicted octanol–water partition coefficient (Wildman–Crippen LogP) is 1.51. The van der Waals surface area contributed by atoms with Crippen LogP contribution in [0.3, 0.4) is 0 Å². The number of amides is 3. The van der Waals surface area contributed by atoms with Gasteiger partial charge in [-0.2, -0.15) is 0 Å². The summed E-state index contributed by atoms with van der Waals surface area (Å²) in [6.45, 7) is 3.98. The molecule has 2 aromatic rings. The maximum absolute atomic E-state index is 12.5. The third-order valence-corrected chi connectivity index (χ3v) is 4.41. The number of rotatable bonds is 4. The molecule has 0 unspecified atom stereocenters. The Morgan fingerprint density at radius 2 is 1.58 bits per heavy atom. The van der Waals surface area contributed by atoms with E-state index in [1.54, 1.807) is 52.5 Å². The van der Waals surface area contributed by atoms with E-state index < -0.39 is 0 Å². The van der Waals surface area contributed by atoms with Crippen LogP contribution in [0.5, 0.6) is 0 Å². The third-order valence-electron chi connectivity index (χ3n) is 4.41. The second-order valence-electron chi connectivity index (χ2n) is 6.14. The van der Waals surface area contributed by atoms with Gasteiger partial charge in [-0.05, 0) is 36.4 Å². The summed E-state index contributed by atoms with van der Waals surface area (Å²) >= 11 is 0. The second kappa shape index (κ2) is 7.86. The van der Waals surface area contributed by atoms with Crippen molar-refractivity contribution in [2.45, 2.75) is 13.5 Å². The van der Waals surface area contributed by atoms with Gasteiger partial charge in [-0.15, -0.1) is 0 Å². The SMILES string of the molecule is CC(=O)N1CCN(C(=O)c2ccc(C(=O)NCc3ccco3)cc2)CC1. The molecule has 1 aromatic heterocycles.